The number of anilines is 2. The molecule has 0 aliphatic carbocycles. The first-order valence-corrected chi connectivity index (χ1v) is 8.26. The van der Waals surface area contributed by atoms with Gasteiger partial charge in [0.2, 0.25) is 5.91 Å². The van der Waals surface area contributed by atoms with Gasteiger partial charge in [-0.25, -0.2) is 0 Å². The summed E-state index contributed by atoms with van der Waals surface area (Å²) in [5.74, 6) is 0.618. The third-order valence-electron chi connectivity index (χ3n) is 3.96. The highest BCUT2D eigenvalue weighted by Gasteiger charge is 2.17. The van der Waals surface area contributed by atoms with Crippen LogP contribution in [0.4, 0.5) is 11.4 Å². The average molecular weight is 339 g/mol. The van der Waals surface area contributed by atoms with Crippen molar-refractivity contribution < 1.29 is 14.3 Å². The van der Waals surface area contributed by atoms with Crippen molar-refractivity contribution in [2.45, 2.75) is 6.92 Å². The van der Waals surface area contributed by atoms with Crippen LogP contribution in [-0.4, -0.2) is 38.1 Å². The minimum absolute atomic E-state index is 0.129. The maximum atomic E-state index is 12.2. The Hall–Kier alpha value is -3.02. The minimum Gasteiger partial charge on any atom is -0.490 e. The van der Waals surface area contributed by atoms with Crippen LogP contribution in [0.2, 0.25) is 0 Å². The van der Waals surface area contributed by atoms with E-state index < -0.39 is 0 Å². The van der Waals surface area contributed by atoms with Crippen molar-refractivity contribution in [3.63, 3.8) is 0 Å². The number of rotatable bonds is 5. The number of nitrogens with one attached hydrogen (secondary N) is 2. The van der Waals surface area contributed by atoms with Crippen molar-refractivity contribution in [2.75, 3.05) is 36.5 Å². The van der Waals surface area contributed by atoms with Crippen LogP contribution >= 0.6 is 0 Å². The molecule has 3 rings (SSSR count). The molecule has 2 N–H and O–H groups in total. The van der Waals surface area contributed by atoms with E-state index in [1.807, 2.05) is 24.3 Å². The molecule has 25 heavy (non-hydrogen) atoms. The highest BCUT2D eigenvalue weighted by atomic mass is 16.5. The number of carbonyl (C=O) groups excluding carboxylic acids is 2. The van der Waals surface area contributed by atoms with Gasteiger partial charge in [0, 0.05) is 31.3 Å². The molecule has 2 aromatic rings. The molecule has 0 bridgehead atoms. The molecule has 130 valence electrons. The van der Waals surface area contributed by atoms with Crippen LogP contribution in [0.3, 0.4) is 0 Å². The fourth-order valence-electron chi connectivity index (χ4n) is 2.77. The standard InChI is InChI=1S/C19H21N3O3/c1-14(23)21-16-8-6-15(7-9-16)19(24)20-10-11-22-12-13-25-18-5-3-2-4-17(18)22/h2-9H,10-13H2,1H3,(H,20,24)(H,21,23). The topological polar surface area (TPSA) is 70.7 Å². The first-order valence-electron chi connectivity index (χ1n) is 8.26. The summed E-state index contributed by atoms with van der Waals surface area (Å²) in [4.78, 5) is 25.4. The Morgan fingerprint density at radius 1 is 1.12 bits per heavy atom. The molecule has 0 spiro atoms. The van der Waals surface area contributed by atoms with Gasteiger partial charge in [0.1, 0.15) is 12.4 Å². The van der Waals surface area contributed by atoms with Gasteiger partial charge < -0.3 is 20.3 Å². The molecular weight excluding hydrogens is 318 g/mol. The molecule has 0 aromatic heterocycles. The molecular formula is C19H21N3O3. The molecule has 1 heterocycles. The van der Waals surface area contributed by atoms with Gasteiger partial charge >= 0.3 is 0 Å². The summed E-state index contributed by atoms with van der Waals surface area (Å²) in [6.07, 6.45) is 0. The number of hydrogen-bond donors (Lipinski definition) is 2. The van der Waals surface area contributed by atoms with E-state index >= 15 is 0 Å². The van der Waals surface area contributed by atoms with Gasteiger partial charge in [0.05, 0.1) is 12.2 Å². The highest BCUT2D eigenvalue weighted by Crippen LogP contribution is 2.30. The largest absolute Gasteiger partial charge is 0.490 e. The molecule has 0 unspecified atom stereocenters. The Kier molecular flexibility index (Phi) is 5.18. The van der Waals surface area contributed by atoms with Crippen LogP contribution in [0.1, 0.15) is 17.3 Å². The molecule has 0 radical (unpaired) electrons. The van der Waals surface area contributed by atoms with E-state index in [4.69, 9.17) is 4.74 Å². The summed E-state index contributed by atoms with van der Waals surface area (Å²) >= 11 is 0. The minimum atomic E-state index is -0.136. The fraction of sp³-hybridized carbons (Fsp3) is 0.263. The van der Waals surface area contributed by atoms with Crippen molar-refractivity contribution in [3.05, 3.63) is 54.1 Å². The number of fused-ring (bicyclic) bond motifs is 1. The van der Waals surface area contributed by atoms with Gasteiger partial charge in [-0.3, -0.25) is 9.59 Å². The third-order valence-corrected chi connectivity index (χ3v) is 3.96. The predicted molar refractivity (Wildman–Crippen MR) is 97.2 cm³/mol. The SMILES string of the molecule is CC(=O)Nc1ccc(C(=O)NCCN2CCOc3ccccc32)cc1. The lowest BCUT2D eigenvalue weighted by atomic mass is 10.2. The lowest BCUT2D eigenvalue weighted by molar-refractivity contribution is -0.114. The number of benzene rings is 2. The molecule has 2 amide bonds. The second-order valence-electron chi connectivity index (χ2n) is 5.82. The van der Waals surface area contributed by atoms with Gasteiger partial charge in [0.25, 0.3) is 5.91 Å². The van der Waals surface area contributed by atoms with Gasteiger partial charge in [0.15, 0.2) is 0 Å². The Morgan fingerprint density at radius 3 is 2.64 bits per heavy atom. The Labute approximate surface area is 146 Å². The zero-order valence-electron chi connectivity index (χ0n) is 14.1. The van der Waals surface area contributed by atoms with E-state index in [0.29, 0.717) is 24.4 Å². The number of amides is 2. The molecule has 6 nitrogen and oxygen atoms in total. The third kappa shape index (κ3) is 4.29. The number of ether oxygens (including phenoxy) is 1. The van der Waals surface area contributed by atoms with E-state index in [2.05, 4.69) is 15.5 Å². The van der Waals surface area contributed by atoms with Crippen molar-refractivity contribution in [1.82, 2.24) is 5.32 Å². The van der Waals surface area contributed by atoms with Gasteiger partial charge in [-0.15, -0.1) is 0 Å². The smallest absolute Gasteiger partial charge is 0.251 e. The molecule has 2 aromatic carbocycles. The molecule has 0 saturated carbocycles. The normalized spacial score (nSPS) is 12.8. The van der Waals surface area contributed by atoms with Crippen LogP contribution in [0.25, 0.3) is 0 Å². The van der Waals surface area contributed by atoms with Gasteiger partial charge in [-0.1, -0.05) is 12.1 Å². The second-order valence-corrected chi connectivity index (χ2v) is 5.82. The number of para-hydroxylation sites is 2. The van der Waals surface area contributed by atoms with Crippen LogP contribution in [-0.2, 0) is 4.79 Å². The first-order chi connectivity index (χ1) is 12.1. The molecule has 0 atom stereocenters. The van der Waals surface area contributed by atoms with Crippen LogP contribution in [0.5, 0.6) is 5.75 Å². The molecule has 1 aliphatic heterocycles. The quantitative estimate of drug-likeness (QED) is 0.877. The Balaban J connectivity index is 1.52. The molecule has 6 heteroatoms. The highest BCUT2D eigenvalue weighted by molar-refractivity contribution is 5.95. The number of hydrogen-bond acceptors (Lipinski definition) is 4. The summed E-state index contributed by atoms with van der Waals surface area (Å²) in [6, 6.07) is 14.7. The van der Waals surface area contributed by atoms with Gasteiger partial charge in [-0.2, -0.15) is 0 Å². The van der Waals surface area contributed by atoms with Crippen LogP contribution in [0, 0.1) is 0 Å². The zero-order valence-corrected chi connectivity index (χ0v) is 14.1. The summed E-state index contributed by atoms with van der Waals surface area (Å²) < 4.78 is 5.63. The predicted octanol–water partition coefficient (Wildman–Crippen LogP) is 2.27. The summed E-state index contributed by atoms with van der Waals surface area (Å²) in [7, 11) is 0. The van der Waals surface area contributed by atoms with E-state index in [1.54, 1.807) is 24.3 Å². The Bertz CT molecular complexity index is 759. The summed E-state index contributed by atoms with van der Waals surface area (Å²) in [5.41, 5.74) is 2.30. The van der Waals surface area contributed by atoms with Gasteiger partial charge in [-0.05, 0) is 36.4 Å². The number of nitrogens with zero attached hydrogens (tertiary/aromatic N) is 1. The Morgan fingerprint density at radius 2 is 1.88 bits per heavy atom. The summed E-state index contributed by atoms with van der Waals surface area (Å²) in [6.45, 7) is 4.16. The van der Waals surface area contributed by atoms with Crippen molar-refractivity contribution in [2.24, 2.45) is 0 Å². The lowest BCUT2D eigenvalue weighted by Gasteiger charge is -2.31. The maximum absolute atomic E-state index is 12.2. The maximum Gasteiger partial charge on any atom is 0.251 e. The van der Waals surface area contributed by atoms with Crippen molar-refractivity contribution >= 4 is 23.2 Å². The number of carbonyl (C=O) groups is 2. The van der Waals surface area contributed by atoms with E-state index in [-0.39, 0.29) is 11.8 Å². The first kappa shape index (κ1) is 16.8. The van der Waals surface area contributed by atoms with Crippen LogP contribution in [0.15, 0.2) is 48.5 Å². The van der Waals surface area contributed by atoms with Crippen molar-refractivity contribution in [3.8, 4) is 5.75 Å². The average Bonchev–Trinajstić information content (AvgIpc) is 2.62. The molecule has 1 aliphatic rings. The van der Waals surface area contributed by atoms with E-state index in [9.17, 15) is 9.59 Å². The fourth-order valence-corrected chi connectivity index (χ4v) is 2.77. The lowest BCUT2D eigenvalue weighted by Crippen LogP contribution is -2.39. The monoisotopic (exact) mass is 339 g/mol. The zero-order chi connectivity index (χ0) is 17.6. The second kappa shape index (κ2) is 7.70. The van der Waals surface area contributed by atoms with E-state index in [1.165, 1.54) is 6.92 Å². The van der Waals surface area contributed by atoms with E-state index in [0.717, 1.165) is 24.5 Å². The molecule has 0 fully saturated rings. The summed E-state index contributed by atoms with van der Waals surface area (Å²) in [5, 5.41) is 5.61. The molecule has 0 saturated heterocycles. The van der Waals surface area contributed by atoms with Crippen molar-refractivity contribution in [1.29, 1.82) is 0 Å². The van der Waals surface area contributed by atoms with Crippen LogP contribution < -0.4 is 20.3 Å².